The molecule has 0 saturated carbocycles. The average Bonchev–Trinajstić information content (AvgIpc) is 2.86. The molecule has 1 aliphatic heterocycles. The lowest BCUT2D eigenvalue weighted by molar-refractivity contribution is -0.384. The molecule has 0 radical (unpaired) electrons. The molecule has 10 heteroatoms. The first-order chi connectivity index (χ1) is 17.9. The van der Waals surface area contributed by atoms with Crippen LogP contribution in [0, 0.1) is 22.0 Å². The molecule has 1 saturated heterocycles. The maximum absolute atomic E-state index is 14.1. The van der Waals surface area contributed by atoms with Crippen LogP contribution in [0.1, 0.15) is 52.5 Å². The van der Waals surface area contributed by atoms with E-state index in [-0.39, 0.29) is 22.4 Å². The highest BCUT2D eigenvalue weighted by atomic mass is 32.2. The van der Waals surface area contributed by atoms with Crippen molar-refractivity contribution >= 4 is 39.0 Å². The number of anilines is 2. The zero-order valence-corrected chi connectivity index (χ0v) is 24.2. The summed E-state index contributed by atoms with van der Waals surface area (Å²) in [6.07, 6.45) is 4.77. The van der Waals surface area contributed by atoms with Crippen molar-refractivity contribution in [2.45, 2.75) is 51.9 Å². The first kappa shape index (κ1) is 29.6. The van der Waals surface area contributed by atoms with Crippen molar-refractivity contribution < 1.29 is 13.3 Å². The molecule has 0 aliphatic carbocycles. The fourth-order valence-corrected chi connectivity index (χ4v) is 6.72. The monoisotopic (exact) mass is 543 g/mol. The number of nitro groups is 1. The van der Waals surface area contributed by atoms with E-state index in [1.165, 1.54) is 12.1 Å². The second-order valence-electron chi connectivity index (χ2n) is 11.0. The lowest BCUT2D eigenvalue weighted by Gasteiger charge is -2.32. The smallest absolute Gasteiger partial charge is 0.270 e. The summed E-state index contributed by atoms with van der Waals surface area (Å²) in [5.74, 6) is 0.364. The number of nitrogens with zero attached hydrogens (tertiary/aromatic N) is 5. The number of aliphatic imine (C=N–C) groups is 1. The van der Waals surface area contributed by atoms with Crippen LogP contribution in [0.25, 0.3) is 0 Å². The maximum Gasteiger partial charge on any atom is 0.270 e. The third-order valence-corrected chi connectivity index (χ3v) is 8.31. The van der Waals surface area contributed by atoms with Gasteiger partial charge in [-0.25, -0.2) is 8.42 Å². The number of hydrogen-bond donors (Lipinski definition) is 0. The van der Waals surface area contributed by atoms with E-state index < -0.39 is 14.9 Å². The number of hydrogen-bond acceptors (Lipinski definition) is 7. The van der Waals surface area contributed by atoms with Gasteiger partial charge in [-0.2, -0.15) is 4.31 Å². The maximum atomic E-state index is 14.1. The number of nitro benzene ring substituents is 1. The first-order valence-electron chi connectivity index (χ1n) is 13.3. The minimum absolute atomic E-state index is 0.0289. The van der Waals surface area contributed by atoms with Crippen LogP contribution in [0.5, 0.6) is 0 Å². The van der Waals surface area contributed by atoms with Crippen molar-refractivity contribution in [2.24, 2.45) is 16.8 Å². The number of piperidine rings is 1. The largest absolute Gasteiger partial charge is 0.377 e. The molecule has 2 aromatic rings. The van der Waals surface area contributed by atoms with Gasteiger partial charge in [0.1, 0.15) is 4.90 Å². The summed E-state index contributed by atoms with van der Waals surface area (Å²) in [7, 11) is -0.0844. The molecule has 208 valence electrons. The molecule has 1 heterocycles. The lowest BCUT2D eigenvalue weighted by atomic mass is 10.1. The molecule has 38 heavy (non-hydrogen) atoms. The van der Waals surface area contributed by atoms with E-state index in [0.29, 0.717) is 30.0 Å². The zero-order valence-electron chi connectivity index (χ0n) is 23.4. The number of rotatable bonds is 11. The first-order valence-corrected chi connectivity index (χ1v) is 14.7. The van der Waals surface area contributed by atoms with Crippen molar-refractivity contribution in [3.8, 4) is 0 Å². The Labute approximate surface area is 227 Å². The van der Waals surface area contributed by atoms with Gasteiger partial charge in [0, 0.05) is 69.9 Å². The molecular weight excluding hydrogens is 502 g/mol. The second-order valence-corrected chi connectivity index (χ2v) is 12.9. The fourth-order valence-electron chi connectivity index (χ4n) is 4.72. The molecule has 0 aromatic heterocycles. The summed E-state index contributed by atoms with van der Waals surface area (Å²) in [5, 5.41) is 11.3. The van der Waals surface area contributed by atoms with Crippen LogP contribution in [0.4, 0.5) is 22.7 Å². The van der Waals surface area contributed by atoms with E-state index in [1.54, 1.807) is 22.7 Å². The molecule has 3 rings (SSSR count). The Morgan fingerprint density at radius 2 is 1.63 bits per heavy atom. The fraction of sp³-hybridized carbons (Fsp3) is 0.536. The molecule has 1 aliphatic rings. The Balaban J connectivity index is 2.11. The van der Waals surface area contributed by atoms with E-state index in [2.05, 4.69) is 9.89 Å². The van der Waals surface area contributed by atoms with Crippen LogP contribution in [0.2, 0.25) is 0 Å². The van der Waals surface area contributed by atoms with Crippen molar-refractivity contribution in [3.63, 3.8) is 0 Å². The van der Waals surface area contributed by atoms with Crippen molar-refractivity contribution in [1.82, 2.24) is 4.31 Å². The van der Waals surface area contributed by atoms with Crippen LogP contribution < -0.4 is 9.80 Å². The number of sulfonamides is 1. The Hall–Kier alpha value is -2.98. The van der Waals surface area contributed by atoms with Crippen LogP contribution in [0.15, 0.2) is 46.3 Å². The topological polar surface area (TPSA) is 99.4 Å². The minimum Gasteiger partial charge on any atom is -0.377 e. The van der Waals surface area contributed by atoms with E-state index in [1.807, 2.05) is 58.8 Å². The van der Waals surface area contributed by atoms with E-state index in [0.717, 1.165) is 38.0 Å². The highest BCUT2D eigenvalue weighted by molar-refractivity contribution is 7.89. The van der Waals surface area contributed by atoms with Gasteiger partial charge in [-0.15, -0.1) is 0 Å². The Morgan fingerprint density at radius 1 is 1.00 bits per heavy atom. The molecule has 0 amide bonds. The molecule has 0 bridgehead atoms. The Morgan fingerprint density at radius 3 is 2.18 bits per heavy atom. The van der Waals surface area contributed by atoms with Gasteiger partial charge >= 0.3 is 0 Å². The summed E-state index contributed by atoms with van der Waals surface area (Å²) in [5.41, 5.74) is 2.52. The average molecular weight is 544 g/mol. The normalized spacial score (nSPS) is 14.7. The lowest BCUT2D eigenvalue weighted by Crippen LogP contribution is -2.38. The molecule has 0 spiro atoms. The molecule has 0 atom stereocenters. The predicted molar refractivity (Wildman–Crippen MR) is 156 cm³/mol. The highest BCUT2D eigenvalue weighted by Gasteiger charge is 2.30. The van der Waals surface area contributed by atoms with Crippen molar-refractivity contribution in [3.05, 3.63) is 52.1 Å². The molecule has 0 unspecified atom stereocenters. The predicted octanol–water partition coefficient (Wildman–Crippen LogP) is 5.70. The summed E-state index contributed by atoms with van der Waals surface area (Å²) < 4.78 is 29.8. The van der Waals surface area contributed by atoms with Crippen LogP contribution in [-0.4, -0.2) is 64.1 Å². The zero-order chi connectivity index (χ0) is 28.0. The summed E-state index contributed by atoms with van der Waals surface area (Å²) >= 11 is 0. The van der Waals surface area contributed by atoms with Gasteiger partial charge in [0.25, 0.3) is 5.69 Å². The van der Waals surface area contributed by atoms with E-state index >= 15 is 0 Å². The third-order valence-electron chi connectivity index (χ3n) is 6.45. The quantitative estimate of drug-likeness (QED) is 0.205. The number of non-ortho nitro benzene ring substituents is 1. The molecular formula is C28H41N5O4S. The summed E-state index contributed by atoms with van der Waals surface area (Å²) in [6, 6.07) is 9.95. The van der Waals surface area contributed by atoms with E-state index in [9.17, 15) is 18.5 Å². The van der Waals surface area contributed by atoms with Gasteiger partial charge in [-0.3, -0.25) is 15.1 Å². The summed E-state index contributed by atoms with van der Waals surface area (Å²) in [6.45, 7) is 10.6. The Bertz CT molecular complexity index is 1240. The summed E-state index contributed by atoms with van der Waals surface area (Å²) in [4.78, 5) is 19.8. The van der Waals surface area contributed by atoms with Gasteiger partial charge in [0.05, 0.1) is 16.3 Å². The van der Waals surface area contributed by atoms with Gasteiger partial charge in [-0.05, 0) is 55.4 Å². The second kappa shape index (κ2) is 12.7. The van der Waals surface area contributed by atoms with E-state index in [4.69, 9.17) is 0 Å². The number of benzene rings is 2. The standard InChI is InChI=1S/C28H41N5O4S/c1-21(2)19-32(20-22(3)4)38(36,37)28-17-24(10-12-27(28)31-14-8-7-9-15-31)29-18-23-16-25(33(34)35)11-13-26(23)30(5)6/h10-13,16-18,21-22H,7-9,14-15,19-20H2,1-6H3. The SMILES string of the molecule is CC(C)CN(CC(C)C)S(=O)(=O)c1cc(N=Cc2cc([N+](=O)[O-])ccc2N(C)C)ccc1N1CCCCC1. The Kier molecular flexibility index (Phi) is 9.89. The molecule has 0 N–H and O–H groups in total. The molecule has 9 nitrogen and oxygen atoms in total. The van der Waals surface area contributed by atoms with Gasteiger partial charge in [-0.1, -0.05) is 27.7 Å². The van der Waals surface area contributed by atoms with Crippen molar-refractivity contribution in [2.75, 3.05) is 50.1 Å². The third kappa shape index (κ3) is 7.32. The van der Waals surface area contributed by atoms with Gasteiger partial charge in [0.15, 0.2) is 0 Å². The van der Waals surface area contributed by atoms with Crippen LogP contribution in [0.3, 0.4) is 0 Å². The van der Waals surface area contributed by atoms with Crippen LogP contribution in [-0.2, 0) is 10.0 Å². The van der Waals surface area contributed by atoms with Gasteiger partial charge in [0.2, 0.25) is 10.0 Å². The van der Waals surface area contributed by atoms with Crippen LogP contribution >= 0.6 is 0 Å². The highest BCUT2D eigenvalue weighted by Crippen LogP contribution is 2.34. The molecule has 2 aromatic carbocycles. The molecule has 1 fully saturated rings. The van der Waals surface area contributed by atoms with Gasteiger partial charge < -0.3 is 9.80 Å². The van der Waals surface area contributed by atoms with Crippen molar-refractivity contribution in [1.29, 1.82) is 0 Å². The minimum atomic E-state index is -3.80.